The van der Waals surface area contributed by atoms with Crippen molar-refractivity contribution in [3.8, 4) is 5.88 Å². The molecule has 0 saturated heterocycles. The number of hydrogen-bond acceptors (Lipinski definition) is 10. The van der Waals surface area contributed by atoms with E-state index in [1.54, 1.807) is 6.92 Å². The van der Waals surface area contributed by atoms with Crippen molar-refractivity contribution in [2.45, 2.75) is 33.2 Å². The average Bonchev–Trinajstić information content (AvgIpc) is 3.32. The number of aromatic nitrogens is 2. The molecule has 0 saturated carbocycles. The molecule has 12 nitrogen and oxygen atoms in total. The third-order valence-electron chi connectivity index (χ3n) is 4.24. The van der Waals surface area contributed by atoms with Gasteiger partial charge in [0, 0.05) is 0 Å². The Bertz CT molecular complexity index is 1010. The van der Waals surface area contributed by atoms with Crippen LogP contribution in [-0.4, -0.2) is 53.4 Å². The van der Waals surface area contributed by atoms with Crippen LogP contribution in [0.15, 0.2) is 6.20 Å². The predicted molar refractivity (Wildman–Crippen MR) is 110 cm³/mol. The Hall–Kier alpha value is -3.48. The molecular formula is C18H22N4O8S. The van der Waals surface area contributed by atoms with E-state index < -0.39 is 34.5 Å². The molecule has 0 spiro atoms. The summed E-state index contributed by atoms with van der Waals surface area (Å²) < 4.78 is 15.8. The van der Waals surface area contributed by atoms with Crippen molar-refractivity contribution in [1.29, 1.82) is 0 Å². The van der Waals surface area contributed by atoms with Gasteiger partial charge in [0.15, 0.2) is 0 Å². The van der Waals surface area contributed by atoms with E-state index in [4.69, 9.17) is 14.2 Å². The fourth-order valence-corrected chi connectivity index (χ4v) is 3.69. The lowest BCUT2D eigenvalue weighted by Gasteiger charge is -2.12. The van der Waals surface area contributed by atoms with E-state index in [0.717, 1.165) is 22.2 Å². The van der Waals surface area contributed by atoms with Crippen molar-refractivity contribution in [2.24, 2.45) is 0 Å². The lowest BCUT2D eigenvalue weighted by Crippen LogP contribution is -2.24. The van der Waals surface area contributed by atoms with Gasteiger partial charge in [-0.1, -0.05) is 6.92 Å². The number of ether oxygens (including phenoxy) is 3. The highest BCUT2D eigenvalue weighted by atomic mass is 32.1. The van der Waals surface area contributed by atoms with Gasteiger partial charge >= 0.3 is 23.5 Å². The molecule has 1 N–H and O–H groups in total. The quantitative estimate of drug-likeness (QED) is 0.342. The highest BCUT2D eigenvalue weighted by Crippen LogP contribution is 2.35. The molecule has 2 aromatic rings. The van der Waals surface area contributed by atoms with Crippen molar-refractivity contribution in [2.75, 3.05) is 26.1 Å². The van der Waals surface area contributed by atoms with Gasteiger partial charge in [-0.3, -0.25) is 14.9 Å². The van der Waals surface area contributed by atoms with Crippen molar-refractivity contribution < 1.29 is 33.5 Å². The van der Waals surface area contributed by atoms with Crippen LogP contribution in [-0.2, 0) is 14.3 Å². The van der Waals surface area contributed by atoms with Gasteiger partial charge in [0.05, 0.1) is 31.3 Å². The molecule has 1 unspecified atom stereocenters. The highest BCUT2D eigenvalue weighted by molar-refractivity contribution is 7.18. The largest absolute Gasteiger partial charge is 0.475 e. The molecule has 0 bridgehead atoms. The summed E-state index contributed by atoms with van der Waals surface area (Å²) in [6.45, 7) is 5.01. The number of carbonyl (C=O) groups is 3. The standard InChI is InChI=1S/C18H22N4O8S/c1-6-7-30-17(24)12-9(2)13(18(25)29-5)31-16(12)19-14(23)10(3)21-8-11(22(26)27)15(20-21)28-4/h8,10H,6-7H2,1-5H3,(H,19,23). The van der Waals surface area contributed by atoms with Crippen LogP contribution in [0.25, 0.3) is 0 Å². The Morgan fingerprint density at radius 3 is 2.52 bits per heavy atom. The minimum Gasteiger partial charge on any atom is -0.475 e. The smallest absolute Gasteiger partial charge is 0.350 e. The fraction of sp³-hybridized carbons (Fsp3) is 0.444. The highest BCUT2D eigenvalue weighted by Gasteiger charge is 2.30. The van der Waals surface area contributed by atoms with Crippen LogP contribution in [0.2, 0.25) is 0 Å². The zero-order valence-electron chi connectivity index (χ0n) is 17.6. The molecule has 1 atom stereocenters. The number of hydrogen-bond donors (Lipinski definition) is 1. The van der Waals surface area contributed by atoms with Crippen LogP contribution in [0.5, 0.6) is 5.88 Å². The Balaban J connectivity index is 2.37. The van der Waals surface area contributed by atoms with Gasteiger partial charge in [0.2, 0.25) is 5.91 Å². The summed E-state index contributed by atoms with van der Waals surface area (Å²) in [5.41, 5.74) is -0.0355. The molecule has 168 valence electrons. The third kappa shape index (κ3) is 4.99. The second-order valence-corrected chi connectivity index (χ2v) is 7.33. The molecule has 0 aliphatic carbocycles. The first-order valence-electron chi connectivity index (χ1n) is 9.13. The molecule has 0 radical (unpaired) electrons. The van der Waals surface area contributed by atoms with E-state index in [-0.39, 0.29) is 27.9 Å². The molecule has 0 aliphatic rings. The number of esters is 2. The first-order valence-corrected chi connectivity index (χ1v) is 9.95. The predicted octanol–water partition coefficient (Wildman–Crippen LogP) is 2.72. The minimum absolute atomic E-state index is 0.0448. The SMILES string of the molecule is CCCOC(=O)c1c(NC(=O)C(C)n2cc([N+](=O)[O-])c(OC)n2)sc(C(=O)OC)c1C. The van der Waals surface area contributed by atoms with Crippen molar-refractivity contribution >= 4 is 39.9 Å². The average molecular weight is 454 g/mol. The molecule has 31 heavy (non-hydrogen) atoms. The molecular weight excluding hydrogens is 432 g/mol. The number of carbonyl (C=O) groups excluding carboxylic acids is 3. The number of anilines is 1. The summed E-state index contributed by atoms with van der Waals surface area (Å²) in [4.78, 5) is 47.9. The molecule has 2 rings (SSSR count). The Kier molecular flexibility index (Phi) is 7.69. The van der Waals surface area contributed by atoms with Crippen LogP contribution in [0.3, 0.4) is 0 Å². The Labute approximate surface area is 181 Å². The van der Waals surface area contributed by atoms with E-state index in [1.165, 1.54) is 21.1 Å². The van der Waals surface area contributed by atoms with Gasteiger partial charge < -0.3 is 19.5 Å². The molecule has 1 amide bonds. The summed E-state index contributed by atoms with van der Waals surface area (Å²) in [5.74, 6) is -2.21. The number of rotatable bonds is 9. The summed E-state index contributed by atoms with van der Waals surface area (Å²) >= 11 is 0.869. The van der Waals surface area contributed by atoms with Crippen LogP contribution < -0.4 is 10.1 Å². The summed E-state index contributed by atoms with van der Waals surface area (Å²) in [6, 6.07) is -0.994. The maximum Gasteiger partial charge on any atom is 0.350 e. The maximum absolute atomic E-state index is 12.8. The molecule has 13 heteroatoms. The van der Waals surface area contributed by atoms with Crippen molar-refractivity contribution in [3.63, 3.8) is 0 Å². The zero-order valence-corrected chi connectivity index (χ0v) is 18.4. The number of methoxy groups -OCH3 is 2. The van der Waals surface area contributed by atoms with Crippen LogP contribution in [0, 0.1) is 17.0 Å². The zero-order chi connectivity index (χ0) is 23.3. The minimum atomic E-state index is -0.994. The lowest BCUT2D eigenvalue weighted by atomic mass is 10.1. The van der Waals surface area contributed by atoms with Gasteiger partial charge in [-0.25, -0.2) is 14.3 Å². The molecule has 0 fully saturated rings. The number of nitrogens with zero attached hydrogens (tertiary/aromatic N) is 3. The third-order valence-corrected chi connectivity index (χ3v) is 5.43. The van der Waals surface area contributed by atoms with E-state index >= 15 is 0 Å². The van der Waals surface area contributed by atoms with Gasteiger partial charge in [-0.2, -0.15) is 0 Å². The fourth-order valence-electron chi connectivity index (χ4n) is 2.57. The van der Waals surface area contributed by atoms with Gasteiger partial charge in [-0.15, -0.1) is 16.4 Å². The normalized spacial score (nSPS) is 11.5. The van der Waals surface area contributed by atoms with Crippen molar-refractivity contribution in [1.82, 2.24) is 9.78 Å². The van der Waals surface area contributed by atoms with E-state index in [1.807, 2.05) is 6.92 Å². The summed E-state index contributed by atoms with van der Waals surface area (Å²) in [5, 5.41) is 17.7. The molecule has 0 aromatic carbocycles. The molecule has 2 aromatic heterocycles. The van der Waals surface area contributed by atoms with Gasteiger partial charge in [0.25, 0.3) is 0 Å². The van der Waals surface area contributed by atoms with Gasteiger partial charge in [0.1, 0.15) is 22.1 Å². The Morgan fingerprint density at radius 2 is 2.00 bits per heavy atom. The number of thiophene rings is 1. The summed E-state index contributed by atoms with van der Waals surface area (Å²) in [7, 11) is 2.43. The molecule has 0 aliphatic heterocycles. The van der Waals surface area contributed by atoms with Crippen molar-refractivity contribution in [3.05, 3.63) is 32.3 Å². The summed E-state index contributed by atoms with van der Waals surface area (Å²) in [6.07, 6.45) is 1.66. The van der Waals surface area contributed by atoms with Crippen LogP contribution >= 0.6 is 11.3 Å². The second kappa shape index (κ2) is 10.0. The second-order valence-electron chi connectivity index (χ2n) is 6.31. The lowest BCUT2D eigenvalue weighted by molar-refractivity contribution is -0.385. The maximum atomic E-state index is 12.8. The Morgan fingerprint density at radius 1 is 1.32 bits per heavy atom. The van der Waals surface area contributed by atoms with Crippen LogP contribution in [0.1, 0.15) is 51.9 Å². The first-order chi connectivity index (χ1) is 14.7. The van der Waals surface area contributed by atoms with E-state index in [9.17, 15) is 24.5 Å². The monoisotopic (exact) mass is 454 g/mol. The molecule has 2 heterocycles. The first kappa shape index (κ1) is 23.8. The van der Waals surface area contributed by atoms with Gasteiger partial charge in [-0.05, 0) is 25.8 Å². The number of amides is 1. The topological polar surface area (TPSA) is 152 Å². The number of nitrogens with one attached hydrogen (secondary N) is 1. The van der Waals surface area contributed by atoms with E-state index in [2.05, 4.69) is 10.4 Å². The van der Waals surface area contributed by atoms with Crippen LogP contribution in [0.4, 0.5) is 10.7 Å². The number of nitro groups is 1. The van der Waals surface area contributed by atoms with E-state index in [0.29, 0.717) is 12.0 Å².